The van der Waals surface area contributed by atoms with Gasteiger partial charge < -0.3 is 5.32 Å². The summed E-state index contributed by atoms with van der Waals surface area (Å²) in [5.41, 5.74) is 0. The van der Waals surface area contributed by atoms with Gasteiger partial charge in [-0.25, -0.2) is 8.42 Å². The maximum atomic E-state index is 11.0. The molecule has 0 unspecified atom stereocenters. The van der Waals surface area contributed by atoms with Crippen LogP contribution in [0.1, 0.15) is 26.7 Å². The third-order valence-corrected chi connectivity index (χ3v) is 3.47. The third-order valence-electron chi connectivity index (χ3n) is 1.68. The van der Waals surface area contributed by atoms with Crippen LogP contribution in [0.25, 0.3) is 0 Å². The normalized spacial score (nSPS) is 11.8. The highest BCUT2D eigenvalue weighted by atomic mass is 32.2. The van der Waals surface area contributed by atoms with Crippen molar-refractivity contribution in [3.05, 3.63) is 0 Å². The number of nitrogens with one attached hydrogen (secondary N) is 1. The highest BCUT2D eigenvalue weighted by molar-refractivity contribution is 7.91. The highest BCUT2D eigenvalue weighted by Gasteiger charge is 2.05. The smallest absolute Gasteiger partial charge is 0.150 e. The molecule has 1 N–H and O–H groups in total. The van der Waals surface area contributed by atoms with Crippen LogP contribution in [-0.4, -0.2) is 33.0 Å². The summed E-state index contributed by atoms with van der Waals surface area (Å²) in [6, 6.07) is 0. The first kappa shape index (κ1) is 11.9. The molecule has 0 amide bonds. The molecule has 0 rings (SSSR count). The van der Waals surface area contributed by atoms with Gasteiger partial charge in [0.25, 0.3) is 0 Å². The van der Waals surface area contributed by atoms with E-state index in [9.17, 15) is 8.42 Å². The summed E-state index contributed by atoms with van der Waals surface area (Å²) in [7, 11) is -2.75. The zero-order valence-corrected chi connectivity index (χ0v) is 8.78. The summed E-state index contributed by atoms with van der Waals surface area (Å²) in [6.45, 7) is 5.57. The van der Waals surface area contributed by atoms with Crippen LogP contribution in [0.15, 0.2) is 0 Å². The zero-order valence-electron chi connectivity index (χ0n) is 7.97. The van der Waals surface area contributed by atoms with Crippen LogP contribution in [0.2, 0.25) is 0 Å². The average molecular weight is 193 g/mol. The Hall–Kier alpha value is -0.0900. The molecule has 3 nitrogen and oxygen atoms in total. The van der Waals surface area contributed by atoms with Gasteiger partial charge in [-0.2, -0.15) is 0 Å². The van der Waals surface area contributed by atoms with Gasteiger partial charge in [-0.15, -0.1) is 0 Å². The van der Waals surface area contributed by atoms with Crippen molar-refractivity contribution in [1.82, 2.24) is 5.32 Å². The van der Waals surface area contributed by atoms with Crippen LogP contribution in [0.3, 0.4) is 0 Å². The van der Waals surface area contributed by atoms with Gasteiger partial charge in [-0.05, 0) is 25.9 Å². The number of hydrogen-bond acceptors (Lipinski definition) is 3. The van der Waals surface area contributed by atoms with E-state index in [0.717, 1.165) is 25.9 Å². The second kappa shape index (κ2) is 6.43. The molecule has 0 bridgehead atoms. The second-order valence-corrected chi connectivity index (χ2v) is 5.31. The predicted octanol–water partition coefficient (Wildman–Crippen LogP) is 0.811. The van der Waals surface area contributed by atoms with Crippen LogP contribution in [0.5, 0.6) is 0 Å². The Morgan fingerprint density at radius 2 is 1.83 bits per heavy atom. The molecule has 0 aliphatic carbocycles. The van der Waals surface area contributed by atoms with E-state index in [2.05, 4.69) is 12.2 Å². The summed E-state index contributed by atoms with van der Waals surface area (Å²) in [6.07, 6.45) is 1.83. The van der Waals surface area contributed by atoms with Crippen molar-refractivity contribution in [1.29, 1.82) is 0 Å². The lowest BCUT2D eigenvalue weighted by Gasteiger charge is -2.02. The van der Waals surface area contributed by atoms with Crippen molar-refractivity contribution in [3.8, 4) is 0 Å². The van der Waals surface area contributed by atoms with Gasteiger partial charge in [0.15, 0.2) is 0 Å². The third kappa shape index (κ3) is 6.61. The van der Waals surface area contributed by atoms with Crippen LogP contribution >= 0.6 is 0 Å². The standard InChI is InChI=1S/C8H19NO2S/c1-3-6-9-7-5-8-12(10,11)4-2/h9H,3-8H2,1-2H3. The maximum absolute atomic E-state index is 11.0. The van der Waals surface area contributed by atoms with E-state index >= 15 is 0 Å². The van der Waals surface area contributed by atoms with Crippen molar-refractivity contribution in [2.24, 2.45) is 0 Å². The molecule has 0 aliphatic rings. The molecule has 0 aromatic heterocycles. The minimum Gasteiger partial charge on any atom is -0.317 e. The molecule has 0 aliphatic heterocycles. The molecule has 0 heterocycles. The molecule has 0 radical (unpaired) electrons. The highest BCUT2D eigenvalue weighted by Crippen LogP contribution is 1.91. The quantitative estimate of drug-likeness (QED) is 0.609. The summed E-state index contributed by atoms with van der Waals surface area (Å²) in [5, 5.41) is 3.17. The topological polar surface area (TPSA) is 46.2 Å². The minimum atomic E-state index is -2.75. The first-order chi connectivity index (χ1) is 5.62. The minimum absolute atomic E-state index is 0.265. The first-order valence-electron chi connectivity index (χ1n) is 4.53. The number of hydrogen-bond donors (Lipinski definition) is 1. The van der Waals surface area contributed by atoms with Crippen molar-refractivity contribution in [3.63, 3.8) is 0 Å². The van der Waals surface area contributed by atoms with Crippen molar-refractivity contribution in [2.75, 3.05) is 24.6 Å². The number of sulfone groups is 1. The molecule has 0 atom stereocenters. The molecule has 0 spiro atoms. The van der Waals surface area contributed by atoms with Crippen molar-refractivity contribution in [2.45, 2.75) is 26.7 Å². The fourth-order valence-electron chi connectivity index (χ4n) is 0.863. The molecule has 4 heteroatoms. The van der Waals surface area contributed by atoms with Gasteiger partial charge in [0, 0.05) is 5.75 Å². The van der Waals surface area contributed by atoms with E-state index in [1.54, 1.807) is 6.92 Å². The van der Waals surface area contributed by atoms with Crippen molar-refractivity contribution < 1.29 is 8.42 Å². The summed E-state index contributed by atoms with van der Waals surface area (Å²) >= 11 is 0. The summed E-state index contributed by atoms with van der Waals surface area (Å²) in [4.78, 5) is 0. The van der Waals surface area contributed by atoms with Crippen LogP contribution < -0.4 is 5.32 Å². The molecular weight excluding hydrogens is 174 g/mol. The fraction of sp³-hybridized carbons (Fsp3) is 1.00. The monoisotopic (exact) mass is 193 g/mol. The van der Waals surface area contributed by atoms with Crippen LogP contribution in [0, 0.1) is 0 Å². The Labute approximate surface area is 75.5 Å². The lowest BCUT2D eigenvalue weighted by molar-refractivity contribution is 0.589. The maximum Gasteiger partial charge on any atom is 0.150 e. The fourth-order valence-corrected chi connectivity index (χ4v) is 1.74. The lowest BCUT2D eigenvalue weighted by atomic mass is 10.4. The SMILES string of the molecule is CCCNCCCS(=O)(=O)CC. The molecule has 0 saturated heterocycles. The van der Waals surface area contributed by atoms with Crippen LogP contribution in [0.4, 0.5) is 0 Å². The van der Waals surface area contributed by atoms with E-state index in [1.807, 2.05) is 0 Å². The van der Waals surface area contributed by atoms with Crippen LogP contribution in [-0.2, 0) is 9.84 Å². The predicted molar refractivity (Wildman–Crippen MR) is 52.1 cm³/mol. The van der Waals surface area contributed by atoms with Gasteiger partial charge in [0.1, 0.15) is 9.84 Å². The molecule has 0 aromatic rings. The van der Waals surface area contributed by atoms with Gasteiger partial charge in [-0.1, -0.05) is 13.8 Å². The van der Waals surface area contributed by atoms with E-state index in [4.69, 9.17) is 0 Å². The first-order valence-corrected chi connectivity index (χ1v) is 6.35. The molecule has 0 aromatic carbocycles. The Kier molecular flexibility index (Phi) is 6.38. The van der Waals surface area contributed by atoms with Gasteiger partial charge >= 0.3 is 0 Å². The summed E-state index contributed by atoms with van der Waals surface area (Å²) < 4.78 is 22.0. The van der Waals surface area contributed by atoms with Gasteiger partial charge in [-0.3, -0.25) is 0 Å². The zero-order chi connectivity index (χ0) is 9.45. The summed E-state index contributed by atoms with van der Waals surface area (Å²) in [5.74, 6) is 0.584. The largest absolute Gasteiger partial charge is 0.317 e. The molecular formula is C8H19NO2S. The molecule has 12 heavy (non-hydrogen) atoms. The average Bonchev–Trinajstić information content (AvgIpc) is 2.04. The van der Waals surface area contributed by atoms with E-state index in [-0.39, 0.29) is 5.75 Å². The Morgan fingerprint density at radius 1 is 1.17 bits per heavy atom. The Morgan fingerprint density at radius 3 is 2.33 bits per heavy atom. The van der Waals surface area contributed by atoms with Gasteiger partial charge in [0.2, 0.25) is 0 Å². The molecule has 0 fully saturated rings. The van der Waals surface area contributed by atoms with E-state index in [0.29, 0.717) is 5.75 Å². The molecule has 0 saturated carbocycles. The Bertz CT molecular complexity index is 187. The van der Waals surface area contributed by atoms with Crippen molar-refractivity contribution >= 4 is 9.84 Å². The number of rotatable bonds is 7. The van der Waals surface area contributed by atoms with E-state index in [1.165, 1.54) is 0 Å². The van der Waals surface area contributed by atoms with E-state index < -0.39 is 9.84 Å². The Balaban J connectivity index is 3.32. The molecule has 74 valence electrons. The second-order valence-electron chi connectivity index (χ2n) is 2.84. The van der Waals surface area contributed by atoms with Gasteiger partial charge in [0.05, 0.1) is 5.75 Å². The lowest BCUT2D eigenvalue weighted by Crippen LogP contribution is -2.19.